The molecule has 0 bridgehead atoms. The van der Waals surface area contributed by atoms with Crippen molar-refractivity contribution in [3.8, 4) is 0 Å². The first-order valence-corrected chi connectivity index (χ1v) is 8.23. The van der Waals surface area contributed by atoms with Crippen molar-refractivity contribution in [1.82, 2.24) is 15.1 Å². The maximum absolute atomic E-state index is 12.8. The molecule has 3 aromatic rings. The molecule has 0 aliphatic rings. The van der Waals surface area contributed by atoms with Gasteiger partial charge in [0, 0.05) is 12.6 Å². The summed E-state index contributed by atoms with van der Waals surface area (Å²) in [6.07, 6.45) is 1.92. The number of aromatic nitrogens is 2. The number of hydrogen-bond donors (Lipinski definition) is 1. The molecule has 1 heterocycles. The zero-order chi connectivity index (χ0) is 17.6. The van der Waals surface area contributed by atoms with Crippen LogP contribution in [0.25, 0.3) is 11.6 Å². The lowest BCUT2D eigenvalue weighted by molar-refractivity contribution is -0.115. The molecule has 0 radical (unpaired) electrons. The van der Waals surface area contributed by atoms with Gasteiger partial charge >= 0.3 is 0 Å². The van der Waals surface area contributed by atoms with E-state index in [1.165, 1.54) is 0 Å². The molecule has 1 amide bonds. The summed E-state index contributed by atoms with van der Waals surface area (Å²) in [5.74, 6) is -0.103. The molecule has 126 valence electrons. The van der Waals surface area contributed by atoms with Crippen molar-refractivity contribution in [2.75, 3.05) is 0 Å². The fourth-order valence-electron chi connectivity index (χ4n) is 2.71. The van der Waals surface area contributed by atoms with Crippen molar-refractivity contribution >= 4 is 17.6 Å². The predicted octanol–water partition coefficient (Wildman–Crippen LogP) is 3.59. The Morgan fingerprint density at radius 2 is 1.72 bits per heavy atom. The Kier molecular flexibility index (Phi) is 5.09. The van der Waals surface area contributed by atoms with Crippen molar-refractivity contribution in [2.24, 2.45) is 7.05 Å². The molecule has 0 aliphatic carbocycles. The van der Waals surface area contributed by atoms with Crippen molar-refractivity contribution < 1.29 is 4.79 Å². The second-order valence-corrected chi connectivity index (χ2v) is 5.92. The van der Waals surface area contributed by atoms with Gasteiger partial charge in [0.1, 0.15) is 0 Å². The number of benzene rings is 2. The van der Waals surface area contributed by atoms with Gasteiger partial charge in [0.25, 0.3) is 5.91 Å². The van der Waals surface area contributed by atoms with E-state index >= 15 is 0 Å². The Hall–Kier alpha value is -3.14. The fourth-order valence-corrected chi connectivity index (χ4v) is 2.71. The van der Waals surface area contributed by atoms with Gasteiger partial charge in [-0.1, -0.05) is 60.7 Å². The number of carbonyl (C=O) groups excluding carboxylic acids is 1. The van der Waals surface area contributed by atoms with E-state index in [0.29, 0.717) is 12.1 Å². The normalized spacial score (nSPS) is 11.4. The highest BCUT2D eigenvalue weighted by Gasteiger charge is 2.13. The van der Waals surface area contributed by atoms with Crippen LogP contribution < -0.4 is 5.32 Å². The van der Waals surface area contributed by atoms with Crippen molar-refractivity contribution in [3.05, 3.63) is 89.2 Å². The summed E-state index contributed by atoms with van der Waals surface area (Å²) >= 11 is 0. The fraction of sp³-hybridized carbons (Fsp3) is 0.143. The molecule has 0 saturated carbocycles. The van der Waals surface area contributed by atoms with Crippen LogP contribution in [0.2, 0.25) is 0 Å². The summed E-state index contributed by atoms with van der Waals surface area (Å²) < 4.78 is 1.79. The summed E-state index contributed by atoms with van der Waals surface area (Å²) in [5.41, 5.74) is 4.44. The Morgan fingerprint density at radius 3 is 2.32 bits per heavy atom. The highest BCUT2D eigenvalue weighted by Crippen LogP contribution is 2.18. The summed E-state index contributed by atoms with van der Waals surface area (Å²) in [7, 11) is 1.88. The Morgan fingerprint density at radius 1 is 1.08 bits per heavy atom. The zero-order valence-electron chi connectivity index (χ0n) is 14.4. The third kappa shape index (κ3) is 4.23. The molecular formula is C21H21N3O. The van der Waals surface area contributed by atoms with Gasteiger partial charge in [-0.25, -0.2) is 0 Å². The van der Waals surface area contributed by atoms with Gasteiger partial charge in [-0.15, -0.1) is 0 Å². The van der Waals surface area contributed by atoms with Crippen molar-refractivity contribution in [1.29, 1.82) is 0 Å². The predicted molar refractivity (Wildman–Crippen MR) is 101 cm³/mol. The first-order valence-electron chi connectivity index (χ1n) is 8.23. The van der Waals surface area contributed by atoms with E-state index in [9.17, 15) is 4.79 Å². The quantitative estimate of drug-likeness (QED) is 0.574. The number of nitrogens with one attached hydrogen (secondary N) is 1. The summed E-state index contributed by atoms with van der Waals surface area (Å²) in [4.78, 5) is 12.8. The van der Waals surface area contributed by atoms with Crippen LogP contribution in [0.5, 0.6) is 0 Å². The minimum atomic E-state index is -0.103. The topological polar surface area (TPSA) is 46.9 Å². The highest BCUT2D eigenvalue weighted by molar-refractivity contribution is 6.24. The van der Waals surface area contributed by atoms with E-state index < -0.39 is 0 Å². The van der Waals surface area contributed by atoms with Gasteiger partial charge in [0.15, 0.2) is 0 Å². The molecule has 1 N–H and O–H groups in total. The summed E-state index contributed by atoms with van der Waals surface area (Å²) in [6.45, 7) is 2.38. The lowest BCUT2D eigenvalue weighted by Gasteiger charge is -2.10. The number of rotatable bonds is 5. The van der Waals surface area contributed by atoms with E-state index in [0.717, 1.165) is 22.5 Å². The Bertz CT molecular complexity index is 880. The summed E-state index contributed by atoms with van der Waals surface area (Å²) in [5, 5.41) is 7.31. The minimum absolute atomic E-state index is 0.103. The molecule has 0 unspecified atom stereocenters. The van der Waals surface area contributed by atoms with Gasteiger partial charge in [0.05, 0.1) is 17.9 Å². The number of carbonyl (C=O) groups is 1. The van der Waals surface area contributed by atoms with Gasteiger partial charge in [-0.3, -0.25) is 9.48 Å². The molecule has 0 aliphatic heterocycles. The zero-order valence-corrected chi connectivity index (χ0v) is 14.4. The second kappa shape index (κ2) is 7.62. The number of hydrogen-bond acceptors (Lipinski definition) is 2. The maximum Gasteiger partial charge on any atom is 0.252 e. The molecule has 4 nitrogen and oxygen atoms in total. The molecule has 25 heavy (non-hydrogen) atoms. The van der Waals surface area contributed by atoms with Crippen molar-refractivity contribution in [3.63, 3.8) is 0 Å². The number of amides is 1. The number of aryl methyl sites for hydroxylation is 2. The Labute approximate surface area is 147 Å². The first kappa shape index (κ1) is 16.7. The average Bonchev–Trinajstić information content (AvgIpc) is 2.96. The third-order valence-corrected chi connectivity index (χ3v) is 3.97. The highest BCUT2D eigenvalue weighted by atomic mass is 16.1. The maximum atomic E-state index is 12.8. The van der Waals surface area contributed by atoms with Gasteiger partial charge < -0.3 is 5.32 Å². The molecule has 2 aromatic carbocycles. The minimum Gasteiger partial charge on any atom is -0.346 e. The molecule has 0 fully saturated rings. The van der Waals surface area contributed by atoms with Crippen LogP contribution in [0.3, 0.4) is 0 Å². The SMILES string of the molecule is Cc1cc(CNC(=O)/C(=C\c2ccccc2)c2ccccc2)n(C)n1. The lowest BCUT2D eigenvalue weighted by atomic mass is 10.0. The monoisotopic (exact) mass is 331 g/mol. The molecule has 0 atom stereocenters. The van der Waals surface area contributed by atoms with Crippen molar-refractivity contribution in [2.45, 2.75) is 13.5 Å². The van der Waals surface area contributed by atoms with E-state index in [-0.39, 0.29) is 5.91 Å². The third-order valence-electron chi connectivity index (χ3n) is 3.97. The van der Waals surface area contributed by atoms with E-state index in [2.05, 4.69) is 10.4 Å². The second-order valence-electron chi connectivity index (χ2n) is 5.92. The largest absolute Gasteiger partial charge is 0.346 e. The molecule has 3 rings (SSSR count). The number of nitrogens with zero attached hydrogens (tertiary/aromatic N) is 2. The summed E-state index contributed by atoms with van der Waals surface area (Å²) in [6, 6.07) is 21.5. The van der Waals surface area contributed by atoms with E-state index in [1.54, 1.807) is 4.68 Å². The van der Waals surface area contributed by atoms with Crippen LogP contribution in [0.15, 0.2) is 66.7 Å². The van der Waals surface area contributed by atoms with Gasteiger partial charge in [-0.2, -0.15) is 5.10 Å². The van der Waals surface area contributed by atoms with Crippen LogP contribution in [0.4, 0.5) is 0 Å². The van der Waals surface area contributed by atoms with Gasteiger partial charge in [0.2, 0.25) is 0 Å². The lowest BCUT2D eigenvalue weighted by Crippen LogP contribution is -2.25. The molecule has 1 aromatic heterocycles. The molecular weight excluding hydrogens is 310 g/mol. The van der Waals surface area contributed by atoms with Crippen LogP contribution >= 0.6 is 0 Å². The van der Waals surface area contributed by atoms with Crippen LogP contribution in [-0.4, -0.2) is 15.7 Å². The van der Waals surface area contributed by atoms with E-state index in [1.807, 2.05) is 86.8 Å². The molecule has 0 saturated heterocycles. The Balaban J connectivity index is 1.85. The van der Waals surface area contributed by atoms with Gasteiger partial charge in [-0.05, 0) is 30.2 Å². The first-order chi connectivity index (χ1) is 12.1. The van der Waals surface area contributed by atoms with Crippen LogP contribution in [0, 0.1) is 6.92 Å². The smallest absolute Gasteiger partial charge is 0.252 e. The van der Waals surface area contributed by atoms with Crippen LogP contribution in [0.1, 0.15) is 22.5 Å². The van der Waals surface area contributed by atoms with E-state index in [4.69, 9.17) is 0 Å². The molecule has 0 spiro atoms. The van der Waals surface area contributed by atoms with Crippen LogP contribution in [-0.2, 0) is 18.4 Å². The average molecular weight is 331 g/mol. The molecule has 4 heteroatoms. The standard InChI is InChI=1S/C21H21N3O/c1-16-13-19(24(2)23-16)15-22-21(25)20(18-11-7-4-8-12-18)14-17-9-5-3-6-10-17/h3-14H,15H2,1-2H3,(H,22,25)/b20-14-.